The molecule has 0 unspecified atom stereocenters. The minimum absolute atomic E-state index is 0.358. The van der Waals surface area contributed by atoms with Crippen molar-refractivity contribution < 1.29 is 5.11 Å². The number of benzene rings is 2. The van der Waals surface area contributed by atoms with Crippen LogP contribution in [0.25, 0.3) is 11.4 Å². The van der Waals surface area contributed by atoms with Crippen molar-refractivity contribution in [3.8, 4) is 17.1 Å². The fourth-order valence-electron chi connectivity index (χ4n) is 3.22. The van der Waals surface area contributed by atoms with Gasteiger partial charge in [0.15, 0.2) is 5.82 Å². The summed E-state index contributed by atoms with van der Waals surface area (Å²) in [4.78, 5) is 11.7. The molecule has 0 spiro atoms. The lowest BCUT2D eigenvalue weighted by molar-refractivity contribution is 0.238. The molecule has 4 nitrogen and oxygen atoms in total. The summed E-state index contributed by atoms with van der Waals surface area (Å²) in [5, 5.41) is 10.00. The average Bonchev–Trinajstić information content (AvgIpc) is 2.64. The number of nitrogens with zero attached hydrogens (tertiary/aromatic N) is 3. The quantitative estimate of drug-likeness (QED) is 0.795. The van der Waals surface area contributed by atoms with Crippen LogP contribution < -0.4 is 0 Å². The molecule has 0 atom stereocenters. The number of fused-ring (bicyclic) bond motifs is 1. The van der Waals surface area contributed by atoms with Crippen molar-refractivity contribution in [2.45, 2.75) is 26.4 Å². The molecule has 0 radical (unpaired) electrons. The zero-order valence-electron chi connectivity index (χ0n) is 14.3. The van der Waals surface area contributed by atoms with Crippen molar-refractivity contribution in [3.05, 3.63) is 77.1 Å². The molecule has 0 aliphatic carbocycles. The number of aromatic hydroxyl groups is 1. The Balaban J connectivity index is 1.56. The van der Waals surface area contributed by atoms with Crippen molar-refractivity contribution in [3.63, 3.8) is 0 Å². The second-order valence-corrected chi connectivity index (χ2v) is 6.62. The molecule has 4 heteroatoms. The monoisotopic (exact) mass is 331 g/mol. The molecule has 1 N–H and O–H groups in total. The Labute approximate surface area is 147 Å². The van der Waals surface area contributed by atoms with Gasteiger partial charge < -0.3 is 5.11 Å². The third kappa shape index (κ3) is 3.39. The molecule has 1 aromatic heterocycles. The van der Waals surface area contributed by atoms with Crippen LogP contribution in [-0.2, 0) is 19.5 Å². The zero-order chi connectivity index (χ0) is 17.2. The third-order valence-corrected chi connectivity index (χ3v) is 4.72. The number of phenols is 1. The molecule has 0 amide bonds. The second kappa shape index (κ2) is 6.65. The van der Waals surface area contributed by atoms with Crippen LogP contribution in [0.4, 0.5) is 0 Å². The largest absolute Gasteiger partial charge is 0.508 e. The number of aryl methyl sites for hydroxylation is 1. The number of para-hydroxylation sites is 1. The van der Waals surface area contributed by atoms with Crippen molar-refractivity contribution in [1.82, 2.24) is 14.9 Å². The molecular formula is C21H21N3O. The molecule has 1 aliphatic heterocycles. The first-order valence-electron chi connectivity index (χ1n) is 8.60. The number of aromatic nitrogens is 2. The van der Waals surface area contributed by atoms with Gasteiger partial charge in [-0.05, 0) is 25.0 Å². The van der Waals surface area contributed by atoms with Gasteiger partial charge >= 0.3 is 0 Å². The summed E-state index contributed by atoms with van der Waals surface area (Å²) in [6, 6.07) is 15.8. The van der Waals surface area contributed by atoms with Gasteiger partial charge in [-0.2, -0.15) is 0 Å². The summed E-state index contributed by atoms with van der Waals surface area (Å²) in [6.07, 6.45) is 2.91. The summed E-state index contributed by atoms with van der Waals surface area (Å²) >= 11 is 0. The standard InChI is InChI=1S/C21H21N3O/c1-15-6-8-16(9-7-15)21-22-12-17-10-11-24(14-19(17)23-21)13-18-4-2-3-5-20(18)25/h2-9,12,25H,10-11,13-14H2,1H3. The lowest BCUT2D eigenvalue weighted by Crippen LogP contribution is -2.31. The van der Waals surface area contributed by atoms with E-state index in [4.69, 9.17) is 4.98 Å². The topological polar surface area (TPSA) is 49.2 Å². The van der Waals surface area contributed by atoms with Crippen LogP contribution in [0.1, 0.15) is 22.4 Å². The minimum Gasteiger partial charge on any atom is -0.508 e. The average molecular weight is 331 g/mol. The first kappa shape index (κ1) is 15.8. The summed E-state index contributed by atoms with van der Waals surface area (Å²) in [6.45, 7) is 4.55. The van der Waals surface area contributed by atoms with Crippen LogP contribution >= 0.6 is 0 Å². The molecule has 126 valence electrons. The van der Waals surface area contributed by atoms with Gasteiger partial charge in [0.2, 0.25) is 0 Å². The second-order valence-electron chi connectivity index (χ2n) is 6.62. The van der Waals surface area contributed by atoms with E-state index in [-0.39, 0.29) is 0 Å². The zero-order valence-corrected chi connectivity index (χ0v) is 14.3. The SMILES string of the molecule is Cc1ccc(-c2ncc3c(n2)CN(Cc2ccccc2O)CC3)cc1. The normalized spacial score (nSPS) is 14.3. The molecule has 25 heavy (non-hydrogen) atoms. The van der Waals surface area contributed by atoms with Gasteiger partial charge in [0.25, 0.3) is 0 Å². The van der Waals surface area contributed by atoms with Crippen LogP contribution in [0.5, 0.6) is 5.75 Å². The third-order valence-electron chi connectivity index (χ3n) is 4.72. The van der Waals surface area contributed by atoms with Gasteiger partial charge in [0.1, 0.15) is 5.75 Å². The highest BCUT2D eigenvalue weighted by molar-refractivity contribution is 5.55. The van der Waals surface area contributed by atoms with E-state index < -0.39 is 0 Å². The molecule has 4 rings (SSSR count). The fourth-order valence-corrected chi connectivity index (χ4v) is 3.22. The maximum Gasteiger partial charge on any atom is 0.159 e. The first-order valence-corrected chi connectivity index (χ1v) is 8.60. The Morgan fingerprint density at radius 3 is 2.68 bits per heavy atom. The molecule has 2 heterocycles. The Bertz CT molecular complexity index is 890. The van der Waals surface area contributed by atoms with Crippen LogP contribution in [0.3, 0.4) is 0 Å². The lowest BCUT2D eigenvalue weighted by Gasteiger charge is -2.28. The van der Waals surface area contributed by atoms with E-state index in [0.717, 1.165) is 48.7 Å². The van der Waals surface area contributed by atoms with Crippen molar-refractivity contribution >= 4 is 0 Å². The van der Waals surface area contributed by atoms with Gasteiger partial charge in [0, 0.05) is 37.0 Å². The lowest BCUT2D eigenvalue weighted by atomic mass is 10.0. The van der Waals surface area contributed by atoms with Crippen LogP contribution in [-0.4, -0.2) is 26.5 Å². The maximum atomic E-state index is 10.00. The van der Waals surface area contributed by atoms with E-state index in [9.17, 15) is 5.11 Å². The summed E-state index contributed by atoms with van der Waals surface area (Å²) in [7, 11) is 0. The predicted octanol–water partition coefficient (Wildman–Crippen LogP) is 3.72. The van der Waals surface area contributed by atoms with Crippen LogP contribution in [0.2, 0.25) is 0 Å². The van der Waals surface area contributed by atoms with Crippen molar-refractivity contribution in [2.75, 3.05) is 6.54 Å². The van der Waals surface area contributed by atoms with Gasteiger partial charge in [-0.1, -0.05) is 48.0 Å². The van der Waals surface area contributed by atoms with E-state index >= 15 is 0 Å². The number of hydrogen-bond donors (Lipinski definition) is 1. The number of phenolic OH excluding ortho intramolecular Hbond substituents is 1. The van der Waals surface area contributed by atoms with Gasteiger partial charge in [0.05, 0.1) is 5.69 Å². The highest BCUT2D eigenvalue weighted by atomic mass is 16.3. The van der Waals surface area contributed by atoms with Gasteiger partial charge in [-0.25, -0.2) is 9.97 Å². The van der Waals surface area contributed by atoms with E-state index in [1.807, 2.05) is 24.4 Å². The first-order chi connectivity index (χ1) is 12.2. The molecule has 0 fully saturated rings. The highest BCUT2D eigenvalue weighted by Gasteiger charge is 2.19. The maximum absolute atomic E-state index is 10.00. The summed E-state index contributed by atoms with van der Waals surface area (Å²) in [5.41, 5.74) is 5.55. The Kier molecular flexibility index (Phi) is 4.20. The molecular weight excluding hydrogens is 310 g/mol. The number of rotatable bonds is 3. The van der Waals surface area contributed by atoms with Gasteiger partial charge in [-0.15, -0.1) is 0 Å². The molecule has 2 aromatic carbocycles. The Hall–Kier alpha value is -2.72. The van der Waals surface area contributed by atoms with Crippen LogP contribution in [0.15, 0.2) is 54.7 Å². The van der Waals surface area contributed by atoms with Crippen molar-refractivity contribution in [1.29, 1.82) is 0 Å². The van der Waals surface area contributed by atoms with E-state index in [1.54, 1.807) is 6.07 Å². The van der Waals surface area contributed by atoms with Gasteiger partial charge in [-0.3, -0.25) is 4.90 Å². The summed E-state index contributed by atoms with van der Waals surface area (Å²) < 4.78 is 0. The molecule has 1 aliphatic rings. The Morgan fingerprint density at radius 1 is 1.08 bits per heavy atom. The van der Waals surface area contributed by atoms with Crippen LogP contribution in [0, 0.1) is 6.92 Å². The summed E-state index contributed by atoms with van der Waals surface area (Å²) in [5.74, 6) is 1.14. The molecule has 3 aromatic rings. The number of hydrogen-bond acceptors (Lipinski definition) is 4. The van der Waals surface area contributed by atoms with E-state index in [1.165, 1.54) is 11.1 Å². The van der Waals surface area contributed by atoms with E-state index in [2.05, 4.69) is 41.1 Å². The smallest absolute Gasteiger partial charge is 0.159 e. The fraction of sp³-hybridized carbons (Fsp3) is 0.238. The molecule has 0 bridgehead atoms. The molecule has 0 saturated carbocycles. The minimum atomic E-state index is 0.358. The Morgan fingerprint density at radius 2 is 1.88 bits per heavy atom. The molecule has 0 saturated heterocycles. The highest BCUT2D eigenvalue weighted by Crippen LogP contribution is 2.24. The van der Waals surface area contributed by atoms with Crippen molar-refractivity contribution in [2.24, 2.45) is 0 Å². The van der Waals surface area contributed by atoms with E-state index in [0.29, 0.717) is 5.75 Å². The predicted molar refractivity (Wildman–Crippen MR) is 98.1 cm³/mol.